The van der Waals surface area contributed by atoms with Crippen molar-refractivity contribution in [1.82, 2.24) is 10.2 Å². The minimum atomic E-state index is 0.318. The Hall–Kier alpha value is -0.0900. The van der Waals surface area contributed by atoms with Crippen LogP contribution < -0.4 is 5.32 Å². The quantitative estimate of drug-likeness (QED) is 0.802. The Balaban J connectivity index is 1.96. The number of benzene rings is 1. The zero-order valence-electron chi connectivity index (χ0n) is 13.2. The van der Waals surface area contributed by atoms with Gasteiger partial charge in [0.2, 0.25) is 0 Å². The van der Waals surface area contributed by atoms with Gasteiger partial charge in [-0.2, -0.15) is 0 Å². The highest BCUT2D eigenvalue weighted by Crippen LogP contribution is 2.29. The molecule has 2 nitrogen and oxygen atoms in total. The third kappa shape index (κ3) is 4.95. The van der Waals surface area contributed by atoms with Gasteiger partial charge >= 0.3 is 0 Å². The number of nitrogens with zero attached hydrogens (tertiary/aromatic N) is 1. The maximum Gasteiger partial charge on any atom is 0.0465 e. The Morgan fingerprint density at radius 3 is 2.57 bits per heavy atom. The molecule has 4 heteroatoms. The summed E-state index contributed by atoms with van der Waals surface area (Å²) >= 11 is 9.86. The van der Waals surface area contributed by atoms with Gasteiger partial charge in [-0.1, -0.05) is 47.4 Å². The smallest absolute Gasteiger partial charge is 0.0465 e. The molecular weight excluding hydrogens is 348 g/mol. The molecule has 0 amide bonds. The second kappa shape index (κ2) is 7.96. The van der Waals surface area contributed by atoms with Crippen LogP contribution in [0.2, 0.25) is 5.02 Å². The first-order valence-corrected chi connectivity index (χ1v) is 9.01. The minimum Gasteiger partial charge on any atom is -0.313 e. The van der Waals surface area contributed by atoms with Crippen molar-refractivity contribution in [3.8, 4) is 0 Å². The summed E-state index contributed by atoms with van der Waals surface area (Å²) in [5.41, 5.74) is 1.19. The van der Waals surface area contributed by atoms with Crippen molar-refractivity contribution in [3.63, 3.8) is 0 Å². The topological polar surface area (TPSA) is 15.3 Å². The second-order valence-electron chi connectivity index (χ2n) is 6.50. The number of hydrogen-bond acceptors (Lipinski definition) is 2. The fraction of sp³-hybridized carbons (Fsp3) is 0.647. The third-order valence-corrected chi connectivity index (χ3v) is 5.19. The molecule has 1 aliphatic rings. The van der Waals surface area contributed by atoms with Crippen LogP contribution in [-0.2, 0) is 0 Å². The van der Waals surface area contributed by atoms with Crippen LogP contribution in [0.5, 0.6) is 0 Å². The highest BCUT2D eigenvalue weighted by molar-refractivity contribution is 9.10. The van der Waals surface area contributed by atoms with Gasteiger partial charge in [0.1, 0.15) is 0 Å². The van der Waals surface area contributed by atoms with Gasteiger partial charge in [-0.05, 0) is 56.0 Å². The molecule has 2 rings (SSSR count). The van der Waals surface area contributed by atoms with Gasteiger partial charge in [0.05, 0.1) is 0 Å². The van der Waals surface area contributed by atoms with Crippen LogP contribution in [0.3, 0.4) is 0 Å². The van der Waals surface area contributed by atoms with E-state index in [9.17, 15) is 0 Å². The van der Waals surface area contributed by atoms with Crippen LogP contribution in [0, 0.1) is 11.8 Å². The molecule has 1 N–H and O–H groups in total. The van der Waals surface area contributed by atoms with Crippen molar-refractivity contribution in [3.05, 3.63) is 33.3 Å². The molecule has 1 heterocycles. The molecule has 1 saturated heterocycles. The van der Waals surface area contributed by atoms with Gasteiger partial charge in [0.15, 0.2) is 0 Å². The van der Waals surface area contributed by atoms with E-state index in [1.54, 1.807) is 0 Å². The number of rotatable bonds is 5. The molecule has 0 saturated carbocycles. The summed E-state index contributed by atoms with van der Waals surface area (Å²) in [5.74, 6) is 1.64. The number of nitrogens with one attached hydrogen (secondary N) is 1. The first-order chi connectivity index (χ1) is 9.99. The molecule has 3 unspecified atom stereocenters. The Bertz CT molecular complexity index is 456. The van der Waals surface area contributed by atoms with E-state index in [2.05, 4.69) is 52.1 Å². The van der Waals surface area contributed by atoms with Crippen LogP contribution in [0.4, 0.5) is 0 Å². The molecule has 1 fully saturated rings. The van der Waals surface area contributed by atoms with Crippen molar-refractivity contribution in [2.24, 2.45) is 11.8 Å². The van der Waals surface area contributed by atoms with Crippen LogP contribution >= 0.6 is 27.5 Å². The van der Waals surface area contributed by atoms with Gasteiger partial charge in [-0.25, -0.2) is 0 Å². The lowest BCUT2D eigenvalue weighted by molar-refractivity contribution is 0.136. The molecule has 0 aromatic heterocycles. The summed E-state index contributed by atoms with van der Waals surface area (Å²) < 4.78 is 1.03. The largest absolute Gasteiger partial charge is 0.313 e. The standard InChI is InChI=1S/C17H26BrClN2/c1-12-8-13(2)11-21(10-12)7-6-17(20-3)15-5-4-14(18)9-16(15)19/h4-5,9,12-13,17,20H,6-8,10-11H2,1-3H3. The zero-order chi connectivity index (χ0) is 15.4. The Kier molecular flexibility index (Phi) is 6.54. The van der Waals surface area contributed by atoms with Crippen molar-refractivity contribution in [2.75, 3.05) is 26.7 Å². The lowest BCUT2D eigenvalue weighted by Crippen LogP contribution is -2.40. The first-order valence-electron chi connectivity index (χ1n) is 7.84. The summed E-state index contributed by atoms with van der Waals surface area (Å²) in [4.78, 5) is 2.61. The average Bonchev–Trinajstić information content (AvgIpc) is 2.40. The zero-order valence-corrected chi connectivity index (χ0v) is 15.5. The Morgan fingerprint density at radius 2 is 2.00 bits per heavy atom. The molecule has 0 radical (unpaired) electrons. The number of hydrogen-bond donors (Lipinski definition) is 1. The Labute approximate surface area is 142 Å². The van der Waals surface area contributed by atoms with E-state index in [1.807, 2.05) is 13.1 Å². The van der Waals surface area contributed by atoms with Crippen molar-refractivity contribution >= 4 is 27.5 Å². The van der Waals surface area contributed by atoms with E-state index < -0.39 is 0 Å². The van der Waals surface area contributed by atoms with Crippen molar-refractivity contribution in [2.45, 2.75) is 32.7 Å². The van der Waals surface area contributed by atoms with Gasteiger partial charge in [-0.3, -0.25) is 0 Å². The predicted molar refractivity (Wildman–Crippen MR) is 95.0 cm³/mol. The first kappa shape index (κ1) is 17.3. The number of piperidine rings is 1. The van der Waals surface area contributed by atoms with Gasteiger partial charge in [-0.15, -0.1) is 0 Å². The fourth-order valence-electron chi connectivity index (χ4n) is 3.53. The fourth-order valence-corrected chi connectivity index (χ4v) is 4.33. The van der Waals surface area contributed by atoms with Crippen molar-refractivity contribution in [1.29, 1.82) is 0 Å². The maximum atomic E-state index is 6.39. The summed E-state index contributed by atoms with van der Waals surface area (Å²) in [5, 5.41) is 4.25. The third-order valence-electron chi connectivity index (χ3n) is 4.36. The van der Waals surface area contributed by atoms with E-state index in [-0.39, 0.29) is 0 Å². The lowest BCUT2D eigenvalue weighted by atomic mass is 9.91. The van der Waals surface area contributed by atoms with Crippen LogP contribution in [0.15, 0.2) is 22.7 Å². The minimum absolute atomic E-state index is 0.318. The van der Waals surface area contributed by atoms with Crippen molar-refractivity contribution < 1.29 is 0 Å². The van der Waals surface area contributed by atoms with Gasteiger partial charge in [0, 0.05) is 28.6 Å². The predicted octanol–water partition coefficient (Wildman–Crippen LogP) is 4.73. The highest BCUT2D eigenvalue weighted by atomic mass is 79.9. The van der Waals surface area contributed by atoms with E-state index in [0.29, 0.717) is 6.04 Å². The second-order valence-corrected chi connectivity index (χ2v) is 7.82. The van der Waals surface area contributed by atoms with Crippen LogP contribution in [-0.4, -0.2) is 31.6 Å². The Morgan fingerprint density at radius 1 is 1.33 bits per heavy atom. The molecule has 1 aliphatic heterocycles. The normalized spacial score (nSPS) is 25.0. The molecule has 1 aromatic carbocycles. The van der Waals surface area contributed by atoms with Crippen LogP contribution in [0.25, 0.3) is 0 Å². The molecule has 21 heavy (non-hydrogen) atoms. The summed E-state index contributed by atoms with van der Waals surface area (Å²) in [6.45, 7) is 8.32. The van der Waals surface area contributed by atoms with E-state index in [4.69, 9.17) is 11.6 Å². The SMILES string of the molecule is CNC(CCN1CC(C)CC(C)C1)c1ccc(Br)cc1Cl. The molecule has 0 bridgehead atoms. The average molecular weight is 374 g/mol. The van der Waals surface area contributed by atoms with E-state index >= 15 is 0 Å². The molecule has 118 valence electrons. The number of likely N-dealkylation sites (tertiary alicyclic amines) is 1. The maximum absolute atomic E-state index is 6.39. The summed E-state index contributed by atoms with van der Waals surface area (Å²) in [7, 11) is 2.02. The molecule has 1 aromatic rings. The summed E-state index contributed by atoms with van der Waals surface area (Å²) in [6, 6.07) is 6.48. The van der Waals surface area contributed by atoms with Gasteiger partial charge < -0.3 is 10.2 Å². The summed E-state index contributed by atoms with van der Waals surface area (Å²) in [6.07, 6.45) is 2.46. The molecule has 0 aliphatic carbocycles. The number of halogens is 2. The van der Waals surface area contributed by atoms with E-state index in [0.717, 1.165) is 34.3 Å². The highest BCUT2D eigenvalue weighted by Gasteiger charge is 2.22. The van der Waals surface area contributed by atoms with E-state index in [1.165, 1.54) is 25.1 Å². The molecule has 0 spiro atoms. The molecular formula is C17H26BrClN2. The molecule has 3 atom stereocenters. The van der Waals surface area contributed by atoms with Gasteiger partial charge in [0.25, 0.3) is 0 Å². The monoisotopic (exact) mass is 372 g/mol. The lowest BCUT2D eigenvalue weighted by Gasteiger charge is -2.35. The van der Waals surface area contributed by atoms with Crippen LogP contribution in [0.1, 0.15) is 38.3 Å².